The number of halogens is 5. The fourth-order valence-corrected chi connectivity index (χ4v) is 2.40. The second-order valence-corrected chi connectivity index (χ2v) is 5.57. The van der Waals surface area contributed by atoms with Gasteiger partial charge in [0.1, 0.15) is 10.8 Å². The molecule has 108 valence electrons. The van der Waals surface area contributed by atoms with E-state index in [2.05, 4.69) is 26.0 Å². The van der Waals surface area contributed by atoms with Crippen molar-refractivity contribution >= 4 is 33.2 Å². The van der Waals surface area contributed by atoms with Gasteiger partial charge in [-0.2, -0.15) is 18.3 Å². The van der Waals surface area contributed by atoms with Crippen molar-refractivity contribution in [3.05, 3.63) is 51.8 Å². The maximum atomic E-state index is 12.8. The van der Waals surface area contributed by atoms with E-state index in [1.165, 1.54) is 10.7 Å². The van der Waals surface area contributed by atoms with Crippen LogP contribution in [0.1, 0.15) is 5.69 Å². The Bertz CT molecular complexity index is 812. The molecule has 0 aliphatic rings. The van der Waals surface area contributed by atoms with Crippen LogP contribution in [0.25, 0.3) is 16.8 Å². The Hall–Kier alpha value is -1.60. The molecule has 1 aromatic carbocycles. The van der Waals surface area contributed by atoms with Crippen molar-refractivity contribution < 1.29 is 13.2 Å². The fourth-order valence-electron chi connectivity index (χ4n) is 1.90. The van der Waals surface area contributed by atoms with Gasteiger partial charge in [-0.25, -0.2) is 9.50 Å². The van der Waals surface area contributed by atoms with E-state index in [4.69, 9.17) is 11.6 Å². The van der Waals surface area contributed by atoms with E-state index in [9.17, 15) is 13.2 Å². The Balaban J connectivity index is 2.25. The summed E-state index contributed by atoms with van der Waals surface area (Å²) in [5, 5.41) is 3.84. The highest BCUT2D eigenvalue weighted by molar-refractivity contribution is 9.10. The number of hydrogen-bond acceptors (Lipinski definition) is 2. The summed E-state index contributed by atoms with van der Waals surface area (Å²) in [4.78, 5) is 3.65. The molecule has 8 heteroatoms. The molecule has 0 bridgehead atoms. The quantitative estimate of drug-likeness (QED) is 0.569. The van der Waals surface area contributed by atoms with Gasteiger partial charge in [0, 0.05) is 16.1 Å². The minimum atomic E-state index is -4.56. The predicted octanol–water partition coefficient (Wildman–Crippen LogP) is 4.83. The number of rotatable bonds is 1. The van der Waals surface area contributed by atoms with Crippen molar-refractivity contribution in [2.24, 2.45) is 0 Å². The minimum Gasteiger partial charge on any atom is -0.223 e. The molecule has 0 aliphatic heterocycles. The second-order valence-electron chi connectivity index (χ2n) is 4.26. The number of alkyl halides is 3. The van der Waals surface area contributed by atoms with Crippen LogP contribution >= 0.6 is 27.5 Å². The van der Waals surface area contributed by atoms with Crippen LogP contribution in [0.4, 0.5) is 13.2 Å². The molecule has 2 heterocycles. The largest absolute Gasteiger partial charge is 0.433 e. The Labute approximate surface area is 130 Å². The molecule has 21 heavy (non-hydrogen) atoms. The summed E-state index contributed by atoms with van der Waals surface area (Å²) in [6.07, 6.45) is -3.12. The molecule has 0 fully saturated rings. The molecule has 0 unspecified atom stereocenters. The van der Waals surface area contributed by atoms with E-state index in [1.807, 2.05) is 0 Å². The van der Waals surface area contributed by atoms with Gasteiger partial charge < -0.3 is 0 Å². The smallest absolute Gasteiger partial charge is 0.223 e. The standard InChI is InChI=1S/C13H6BrClF3N3/c14-8-3-1-7(2-4-8)9-6-19-21-11(15)5-10(13(16,17)18)20-12(9)21/h1-6H. The molecule has 0 aliphatic carbocycles. The van der Waals surface area contributed by atoms with Crippen molar-refractivity contribution in [3.63, 3.8) is 0 Å². The lowest BCUT2D eigenvalue weighted by molar-refractivity contribution is -0.141. The zero-order valence-electron chi connectivity index (χ0n) is 10.2. The lowest BCUT2D eigenvalue weighted by atomic mass is 10.1. The maximum absolute atomic E-state index is 12.8. The van der Waals surface area contributed by atoms with E-state index < -0.39 is 11.9 Å². The van der Waals surface area contributed by atoms with E-state index in [-0.39, 0.29) is 10.8 Å². The average Bonchev–Trinajstić information content (AvgIpc) is 2.83. The van der Waals surface area contributed by atoms with E-state index >= 15 is 0 Å². The summed E-state index contributed by atoms with van der Waals surface area (Å²) in [5.41, 5.74) is 0.211. The normalized spacial score (nSPS) is 12.0. The van der Waals surface area contributed by atoms with Crippen LogP contribution < -0.4 is 0 Å². The molecule has 2 aromatic heterocycles. The topological polar surface area (TPSA) is 30.2 Å². The zero-order chi connectivity index (χ0) is 15.2. The number of nitrogens with zero attached hydrogens (tertiary/aromatic N) is 3. The molecule has 0 radical (unpaired) electrons. The first-order valence-corrected chi connectivity index (χ1v) is 6.91. The molecule has 3 rings (SSSR count). The zero-order valence-corrected chi connectivity index (χ0v) is 12.5. The fraction of sp³-hybridized carbons (Fsp3) is 0.0769. The molecular formula is C13H6BrClF3N3. The maximum Gasteiger partial charge on any atom is 0.433 e. The van der Waals surface area contributed by atoms with Crippen molar-refractivity contribution in [1.82, 2.24) is 14.6 Å². The highest BCUT2D eigenvalue weighted by Crippen LogP contribution is 2.32. The summed E-state index contributed by atoms with van der Waals surface area (Å²) in [5.74, 6) is 0. The first-order valence-electron chi connectivity index (χ1n) is 5.73. The number of fused-ring (bicyclic) bond motifs is 1. The van der Waals surface area contributed by atoms with Crippen LogP contribution in [0.15, 0.2) is 41.0 Å². The van der Waals surface area contributed by atoms with Gasteiger partial charge in [-0.1, -0.05) is 39.7 Å². The molecule has 0 N–H and O–H groups in total. The average molecular weight is 377 g/mol. The molecule has 0 saturated carbocycles. The molecule has 3 aromatic rings. The number of hydrogen-bond donors (Lipinski definition) is 0. The van der Waals surface area contributed by atoms with Gasteiger partial charge in [-0.15, -0.1) is 0 Å². The molecule has 0 saturated heterocycles. The van der Waals surface area contributed by atoms with Gasteiger partial charge in [-0.05, 0) is 17.7 Å². The van der Waals surface area contributed by atoms with Crippen LogP contribution in [0.3, 0.4) is 0 Å². The predicted molar refractivity (Wildman–Crippen MR) is 76.1 cm³/mol. The van der Waals surface area contributed by atoms with E-state index in [0.29, 0.717) is 11.1 Å². The van der Waals surface area contributed by atoms with Crippen LogP contribution in [0.2, 0.25) is 5.15 Å². The molecule has 0 amide bonds. The highest BCUT2D eigenvalue weighted by atomic mass is 79.9. The first-order chi connectivity index (χ1) is 9.86. The van der Waals surface area contributed by atoms with Crippen LogP contribution in [0.5, 0.6) is 0 Å². The number of benzene rings is 1. The Morgan fingerprint density at radius 3 is 2.43 bits per heavy atom. The molecular weight excluding hydrogens is 371 g/mol. The minimum absolute atomic E-state index is 0.0668. The summed E-state index contributed by atoms with van der Waals surface area (Å²) in [6, 6.07) is 7.85. The van der Waals surface area contributed by atoms with E-state index in [0.717, 1.165) is 10.5 Å². The monoisotopic (exact) mass is 375 g/mol. The first kappa shape index (κ1) is 14.3. The lowest BCUT2D eigenvalue weighted by Gasteiger charge is -2.07. The van der Waals surface area contributed by atoms with Crippen LogP contribution in [-0.4, -0.2) is 14.6 Å². The summed E-state index contributed by atoms with van der Waals surface area (Å²) in [7, 11) is 0. The molecule has 0 atom stereocenters. The summed E-state index contributed by atoms with van der Waals surface area (Å²) >= 11 is 9.15. The van der Waals surface area contributed by atoms with E-state index in [1.54, 1.807) is 24.3 Å². The van der Waals surface area contributed by atoms with Crippen molar-refractivity contribution in [2.45, 2.75) is 6.18 Å². The summed E-state index contributed by atoms with van der Waals surface area (Å²) in [6.45, 7) is 0. The third kappa shape index (κ3) is 2.63. The van der Waals surface area contributed by atoms with Crippen LogP contribution in [-0.2, 0) is 6.18 Å². The molecule has 3 nitrogen and oxygen atoms in total. The van der Waals surface area contributed by atoms with Gasteiger partial charge in [-0.3, -0.25) is 0 Å². The Kier molecular flexibility index (Phi) is 3.41. The lowest BCUT2D eigenvalue weighted by Crippen LogP contribution is -2.10. The van der Waals surface area contributed by atoms with Gasteiger partial charge in [0.2, 0.25) is 0 Å². The molecule has 0 spiro atoms. The SMILES string of the molecule is FC(F)(F)c1cc(Cl)n2ncc(-c3ccc(Br)cc3)c2n1. The van der Waals surface area contributed by atoms with Gasteiger partial charge >= 0.3 is 6.18 Å². The number of aromatic nitrogens is 3. The second kappa shape index (κ2) is 4.99. The Morgan fingerprint density at radius 2 is 1.81 bits per heavy atom. The van der Waals surface area contributed by atoms with Gasteiger partial charge in [0.25, 0.3) is 0 Å². The van der Waals surface area contributed by atoms with Gasteiger partial charge in [0.05, 0.1) is 6.20 Å². The third-order valence-corrected chi connectivity index (χ3v) is 3.67. The Morgan fingerprint density at radius 1 is 1.14 bits per heavy atom. The third-order valence-electron chi connectivity index (χ3n) is 2.87. The van der Waals surface area contributed by atoms with Crippen molar-refractivity contribution in [1.29, 1.82) is 0 Å². The summed E-state index contributed by atoms with van der Waals surface area (Å²) < 4.78 is 40.5. The van der Waals surface area contributed by atoms with Crippen molar-refractivity contribution in [3.8, 4) is 11.1 Å². The van der Waals surface area contributed by atoms with Crippen molar-refractivity contribution in [2.75, 3.05) is 0 Å². The highest BCUT2D eigenvalue weighted by Gasteiger charge is 2.34. The van der Waals surface area contributed by atoms with Crippen LogP contribution in [0, 0.1) is 0 Å². The van der Waals surface area contributed by atoms with Gasteiger partial charge in [0.15, 0.2) is 5.65 Å².